The first-order chi connectivity index (χ1) is 8.58. The van der Waals surface area contributed by atoms with Crippen LogP contribution >= 0.6 is 0 Å². The van der Waals surface area contributed by atoms with Crippen molar-refractivity contribution in [2.45, 2.75) is 40.5 Å². The average molecular weight is 236 g/mol. The predicted molar refractivity (Wildman–Crippen MR) is 78.7 cm³/mol. The Morgan fingerprint density at radius 3 is 2.44 bits per heavy atom. The molecule has 1 aromatic carbocycles. The van der Waals surface area contributed by atoms with Crippen molar-refractivity contribution in [3.63, 3.8) is 0 Å². The van der Waals surface area contributed by atoms with Gasteiger partial charge in [0.05, 0.1) is 0 Å². The van der Waals surface area contributed by atoms with E-state index in [0.717, 1.165) is 12.8 Å². The van der Waals surface area contributed by atoms with Gasteiger partial charge in [0.15, 0.2) is 0 Å². The summed E-state index contributed by atoms with van der Waals surface area (Å²) in [6, 6.07) is 4.56. The number of fused-ring (bicyclic) bond motifs is 3. The molecule has 0 N–H and O–H groups in total. The molecule has 0 fully saturated rings. The summed E-state index contributed by atoms with van der Waals surface area (Å²) >= 11 is 0. The highest BCUT2D eigenvalue weighted by atomic mass is 14.3. The monoisotopic (exact) mass is 236 g/mol. The van der Waals surface area contributed by atoms with Crippen LogP contribution in [0.25, 0.3) is 5.57 Å². The number of allylic oxidation sites excluding steroid dienone is 6. The van der Waals surface area contributed by atoms with Crippen molar-refractivity contribution in [1.29, 1.82) is 0 Å². The molecular weight excluding hydrogens is 216 g/mol. The largest absolute Gasteiger partial charge is 0.0692 e. The van der Waals surface area contributed by atoms with E-state index < -0.39 is 0 Å². The van der Waals surface area contributed by atoms with Gasteiger partial charge in [-0.05, 0) is 73.9 Å². The number of benzene rings is 1. The molecule has 2 aliphatic rings. The molecule has 0 atom stereocenters. The molecule has 0 radical (unpaired) electrons. The lowest BCUT2D eigenvalue weighted by atomic mass is 9.98. The topological polar surface area (TPSA) is 0 Å². The van der Waals surface area contributed by atoms with Crippen molar-refractivity contribution in [1.82, 2.24) is 0 Å². The second-order valence-corrected chi connectivity index (χ2v) is 5.74. The maximum absolute atomic E-state index is 2.32. The van der Waals surface area contributed by atoms with Crippen LogP contribution in [-0.2, 0) is 6.42 Å². The maximum Gasteiger partial charge on any atom is -0.00112 e. The zero-order valence-electron chi connectivity index (χ0n) is 11.7. The molecule has 0 heteroatoms. The van der Waals surface area contributed by atoms with Crippen LogP contribution in [0.3, 0.4) is 0 Å². The molecule has 0 spiro atoms. The lowest BCUT2D eigenvalue weighted by Gasteiger charge is -2.06. The summed E-state index contributed by atoms with van der Waals surface area (Å²) in [5, 5.41) is 0. The lowest BCUT2D eigenvalue weighted by molar-refractivity contribution is 1.06. The summed E-state index contributed by atoms with van der Waals surface area (Å²) < 4.78 is 0. The van der Waals surface area contributed by atoms with Crippen LogP contribution in [0.15, 0.2) is 41.0 Å². The molecule has 2 aliphatic carbocycles. The Labute approximate surface area is 110 Å². The SMILES string of the molecule is CC1=CC=C2C(=C(C)C1)Cc1c2ccc(C)c1C. The molecule has 18 heavy (non-hydrogen) atoms. The van der Waals surface area contributed by atoms with Crippen LogP contribution in [0, 0.1) is 13.8 Å². The van der Waals surface area contributed by atoms with Crippen molar-refractivity contribution in [3.8, 4) is 0 Å². The minimum atomic E-state index is 1.13. The molecule has 92 valence electrons. The summed E-state index contributed by atoms with van der Waals surface area (Å²) in [5.74, 6) is 0. The van der Waals surface area contributed by atoms with Gasteiger partial charge >= 0.3 is 0 Å². The third-order valence-electron chi connectivity index (χ3n) is 4.43. The summed E-state index contributed by atoms with van der Waals surface area (Å²) in [5.41, 5.74) is 11.9. The molecule has 0 aliphatic heterocycles. The molecule has 1 aromatic rings. The van der Waals surface area contributed by atoms with Gasteiger partial charge < -0.3 is 0 Å². The average Bonchev–Trinajstić information content (AvgIpc) is 2.64. The molecule has 0 bridgehead atoms. The van der Waals surface area contributed by atoms with Crippen molar-refractivity contribution >= 4 is 5.57 Å². The van der Waals surface area contributed by atoms with E-state index in [1.165, 1.54) is 27.8 Å². The van der Waals surface area contributed by atoms with Crippen LogP contribution < -0.4 is 0 Å². The van der Waals surface area contributed by atoms with Gasteiger partial charge in [0, 0.05) is 0 Å². The highest BCUT2D eigenvalue weighted by Crippen LogP contribution is 2.42. The maximum atomic E-state index is 2.32. The first-order valence-electron chi connectivity index (χ1n) is 6.74. The van der Waals surface area contributed by atoms with Crippen molar-refractivity contribution < 1.29 is 0 Å². The van der Waals surface area contributed by atoms with E-state index in [1.54, 1.807) is 16.7 Å². The van der Waals surface area contributed by atoms with Crippen LogP contribution in [0.1, 0.15) is 42.5 Å². The molecule has 0 heterocycles. The second kappa shape index (κ2) is 3.98. The van der Waals surface area contributed by atoms with Crippen molar-refractivity contribution in [2.24, 2.45) is 0 Å². The summed E-state index contributed by atoms with van der Waals surface area (Å²) in [4.78, 5) is 0. The third-order valence-corrected chi connectivity index (χ3v) is 4.43. The highest BCUT2D eigenvalue weighted by Gasteiger charge is 2.25. The summed E-state index contributed by atoms with van der Waals surface area (Å²) in [6.07, 6.45) is 6.86. The highest BCUT2D eigenvalue weighted by molar-refractivity contribution is 5.89. The fourth-order valence-electron chi connectivity index (χ4n) is 3.17. The lowest BCUT2D eigenvalue weighted by Crippen LogP contribution is -1.91. The van der Waals surface area contributed by atoms with Gasteiger partial charge in [-0.2, -0.15) is 0 Å². The number of hydrogen-bond acceptors (Lipinski definition) is 0. The van der Waals surface area contributed by atoms with Crippen LogP contribution in [-0.4, -0.2) is 0 Å². The quantitative estimate of drug-likeness (QED) is 0.600. The Kier molecular flexibility index (Phi) is 2.55. The van der Waals surface area contributed by atoms with E-state index in [-0.39, 0.29) is 0 Å². The fraction of sp³-hybridized carbons (Fsp3) is 0.333. The first kappa shape index (κ1) is 11.5. The zero-order valence-corrected chi connectivity index (χ0v) is 11.7. The number of rotatable bonds is 0. The predicted octanol–water partition coefficient (Wildman–Crippen LogP) is 4.91. The molecular formula is C18H20. The van der Waals surface area contributed by atoms with Crippen LogP contribution in [0.2, 0.25) is 0 Å². The van der Waals surface area contributed by atoms with Gasteiger partial charge in [0.25, 0.3) is 0 Å². The Balaban J connectivity index is 2.26. The van der Waals surface area contributed by atoms with Gasteiger partial charge in [-0.25, -0.2) is 0 Å². The van der Waals surface area contributed by atoms with E-state index in [2.05, 4.69) is 52.0 Å². The molecule has 0 nitrogen and oxygen atoms in total. The van der Waals surface area contributed by atoms with Crippen molar-refractivity contribution in [3.05, 3.63) is 63.3 Å². The Hall–Kier alpha value is -1.56. The molecule has 0 saturated heterocycles. The van der Waals surface area contributed by atoms with Gasteiger partial charge in [-0.15, -0.1) is 0 Å². The van der Waals surface area contributed by atoms with Gasteiger partial charge in [0.1, 0.15) is 0 Å². The zero-order chi connectivity index (χ0) is 12.9. The normalized spacial score (nSPS) is 18.0. The number of aryl methyl sites for hydroxylation is 1. The molecule has 0 unspecified atom stereocenters. The minimum Gasteiger partial charge on any atom is -0.0692 e. The Bertz CT molecular complexity index is 622. The Morgan fingerprint density at radius 2 is 1.67 bits per heavy atom. The minimum absolute atomic E-state index is 1.13. The molecule has 0 saturated carbocycles. The molecule has 0 amide bonds. The first-order valence-corrected chi connectivity index (χ1v) is 6.74. The van der Waals surface area contributed by atoms with Crippen LogP contribution in [0.5, 0.6) is 0 Å². The third kappa shape index (κ3) is 1.59. The van der Waals surface area contributed by atoms with Crippen LogP contribution in [0.4, 0.5) is 0 Å². The molecule has 0 aromatic heterocycles. The van der Waals surface area contributed by atoms with Gasteiger partial charge in [-0.3, -0.25) is 0 Å². The van der Waals surface area contributed by atoms with E-state index >= 15 is 0 Å². The summed E-state index contributed by atoms with van der Waals surface area (Å²) in [7, 11) is 0. The summed E-state index contributed by atoms with van der Waals surface area (Å²) in [6.45, 7) is 8.99. The number of hydrogen-bond donors (Lipinski definition) is 0. The van der Waals surface area contributed by atoms with E-state index in [1.807, 2.05) is 0 Å². The standard InChI is InChI=1S/C18H20/c1-11-5-7-15-16-8-6-12(2)14(4)18(16)10-17(15)13(3)9-11/h5-8H,9-10H2,1-4H3. The molecule has 3 rings (SSSR count). The Morgan fingerprint density at radius 1 is 0.889 bits per heavy atom. The van der Waals surface area contributed by atoms with Gasteiger partial charge in [-0.1, -0.05) is 35.4 Å². The van der Waals surface area contributed by atoms with Gasteiger partial charge in [0.2, 0.25) is 0 Å². The smallest absolute Gasteiger partial charge is 0.00112 e. The van der Waals surface area contributed by atoms with E-state index in [4.69, 9.17) is 0 Å². The second-order valence-electron chi connectivity index (χ2n) is 5.74. The van der Waals surface area contributed by atoms with E-state index in [0.29, 0.717) is 0 Å². The van der Waals surface area contributed by atoms with E-state index in [9.17, 15) is 0 Å². The fourth-order valence-corrected chi connectivity index (χ4v) is 3.17. The van der Waals surface area contributed by atoms with Crippen molar-refractivity contribution in [2.75, 3.05) is 0 Å².